The monoisotopic (exact) mass is 312 g/mol. The predicted octanol–water partition coefficient (Wildman–Crippen LogP) is 2.62. The van der Waals surface area contributed by atoms with E-state index in [1.54, 1.807) is 25.1 Å². The van der Waals surface area contributed by atoms with E-state index in [4.69, 9.17) is 23.2 Å². The molecule has 1 atom stereocenters. The fraction of sp³-hybridized carbons (Fsp3) is 0.429. The number of halogens is 2. The molecule has 20 heavy (non-hydrogen) atoms. The van der Waals surface area contributed by atoms with Crippen LogP contribution in [0.3, 0.4) is 0 Å². The van der Waals surface area contributed by atoms with Crippen molar-refractivity contribution in [3.05, 3.63) is 28.2 Å². The van der Waals surface area contributed by atoms with Gasteiger partial charge >= 0.3 is 0 Å². The van der Waals surface area contributed by atoms with Crippen LogP contribution >= 0.6 is 23.2 Å². The first-order valence-electron chi connectivity index (χ1n) is 6.50. The van der Waals surface area contributed by atoms with Crippen LogP contribution in [0.1, 0.15) is 19.8 Å². The second-order valence-corrected chi connectivity index (χ2v) is 6.30. The molecule has 2 fully saturated rings. The van der Waals surface area contributed by atoms with E-state index < -0.39 is 5.54 Å². The van der Waals surface area contributed by atoms with Crippen LogP contribution in [-0.4, -0.2) is 23.9 Å². The van der Waals surface area contributed by atoms with Gasteiger partial charge in [0.05, 0.1) is 15.7 Å². The van der Waals surface area contributed by atoms with Gasteiger partial charge in [-0.15, -0.1) is 0 Å². The molecule has 2 aliphatic rings. The maximum Gasteiger partial charge on any atom is 0.253 e. The van der Waals surface area contributed by atoms with E-state index in [1.165, 1.54) is 4.90 Å². The molecule has 0 aromatic heterocycles. The second-order valence-electron chi connectivity index (χ2n) is 5.49. The number of nitrogens with zero attached hydrogens (tertiary/aromatic N) is 1. The van der Waals surface area contributed by atoms with Gasteiger partial charge < -0.3 is 5.32 Å². The fourth-order valence-electron chi connectivity index (χ4n) is 2.74. The normalized spacial score (nSPS) is 26.6. The summed E-state index contributed by atoms with van der Waals surface area (Å²) < 4.78 is 0. The minimum atomic E-state index is -0.849. The first-order chi connectivity index (χ1) is 9.43. The average molecular weight is 313 g/mol. The van der Waals surface area contributed by atoms with Crippen LogP contribution in [0, 0.1) is 5.92 Å². The van der Waals surface area contributed by atoms with Crippen LogP contribution in [0.5, 0.6) is 0 Å². The largest absolute Gasteiger partial charge is 0.340 e. The molecule has 1 unspecified atom stereocenters. The Morgan fingerprint density at radius 1 is 1.25 bits per heavy atom. The number of hydrogen-bond acceptors (Lipinski definition) is 2. The van der Waals surface area contributed by atoms with Crippen molar-refractivity contribution in [2.24, 2.45) is 5.92 Å². The zero-order chi connectivity index (χ0) is 14.5. The van der Waals surface area contributed by atoms with Gasteiger partial charge in [-0.1, -0.05) is 29.3 Å². The van der Waals surface area contributed by atoms with Crippen molar-refractivity contribution in [2.75, 3.05) is 11.4 Å². The van der Waals surface area contributed by atoms with Gasteiger partial charge in [0.1, 0.15) is 12.1 Å². The highest BCUT2D eigenvalue weighted by molar-refractivity contribution is 6.40. The Balaban J connectivity index is 2.04. The number of nitrogens with one attached hydrogen (secondary N) is 1. The van der Waals surface area contributed by atoms with Gasteiger partial charge in [0, 0.05) is 0 Å². The van der Waals surface area contributed by atoms with Crippen LogP contribution in [0.25, 0.3) is 0 Å². The summed E-state index contributed by atoms with van der Waals surface area (Å²) in [5.74, 6) is -0.132. The summed E-state index contributed by atoms with van der Waals surface area (Å²) in [7, 11) is 0. The van der Waals surface area contributed by atoms with Gasteiger partial charge in [0.2, 0.25) is 5.91 Å². The quantitative estimate of drug-likeness (QED) is 0.912. The zero-order valence-corrected chi connectivity index (χ0v) is 12.5. The summed E-state index contributed by atoms with van der Waals surface area (Å²) in [6.45, 7) is 1.73. The third kappa shape index (κ3) is 2.07. The summed E-state index contributed by atoms with van der Waals surface area (Å²) in [6, 6.07) is 5.04. The Kier molecular flexibility index (Phi) is 3.18. The number of benzene rings is 1. The summed E-state index contributed by atoms with van der Waals surface area (Å²) >= 11 is 12.3. The number of hydrogen-bond donors (Lipinski definition) is 1. The molecular formula is C14H14Cl2N2O2. The molecule has 1 aliphatic carbocycles. The van der Waals surface area contributed by atoms with Crippen molar-refractivity contribution in [2.45, 2.75) is 25.3 Å². The van der Waals surface area contributed by atoms with E-state index in [2.05, 4.69) is 5.32 Å². The van der Waals surface area contributed by atoms with Gasteiger partial charge in [-0.2, -0.15) is 0 Å². The summed E-state index contributed by atoms with van der Waals surface area (Å²) in [6.07, 6.45) is 1.90. The van der Waals surface area contributed by atoms with Crippen molar-refractivity contribution in [1.29, 1.82) is 0 Å². The SMILES string of the molecule is CC1(C2CC2)NC(=O)CN(c2c(Cl)cccc2Cl)C1=O. The Hall–Kier alpha value is -1.26. The maximum atomic E-state index is 12.8. The maximum absolute atomic E-state index is 12.8. The lowest BCUT2D eigenvalue weighted by Crippen LogP contribution is -2.66. The molecule has 1 heterocycles. The minimum Gasteiger partial charge on any atom is -0.340 e. The van der Waals surface area contributed by atoms with Crippen LogP contribution in [0.15, 0.2) is 18.2 Å². The predicted molar refractivity (Wildman–Crippen MR) is 78.1 cm³/mol. The van der Waals surface area contributed by atoms with Gasteiger partial charge in [-0.25, -0.2) is 0 Å². The number of amides is 2. The Labute approximate surface area is 127 Å². The lowest BCUT2D eigenvalue weighted by molar-refractivity contribution is -0.136. The fourth-order valence-corrected chi connectivity index (χ4v) is 3.34. The van der Waals surface area contributed by atoms with Gasteiger partial charge in [0.25, 0.3) is 5.91 Å². The molecule has 1 aliphatic heterocycles. The molecule has 1 N–H and O–H groups in total. The summed E-state index contributed by atoms with van der Waals surface area (Å²) in [5, 5.41) is 3.57. The summed E-state index contributed by atoms with van der Waals surface area (Å²) in [5.41, 5.74) is -0.430. The molecule has 106 valence electrons. The van der Waals surface area contributed by atoms with Crippen LogP contribution in [0.4, 0.5) is 5.69 Å². The van der Waals surface area contributed by atoms with Crippen LogP contribution in [-0.2, 0) is 9.59 Å². The molecule has 1 aromatic carbocycles. The van der Waals surface area contributed by atoms with Crippen molar-refractivity contribution < 1.29 is 9.59 Å². The molecular weight excluding hydrogens is 299 g/mol. The number of piperazine rings is 1. The van der Waals surface area contributed by atoms with Gasteiger partial charge in [-0.05, 0) is 37.8 Å². The topological polar surface area (TPSA) is 49.4 Å². The van der Waals surface area contributed by atoms with E-state index in [-0.39, 0.29) is 24.3 Å². The third-order valence-electron chi connectivity index (χ3n) is 3.99. The highest BCUT2D eigenvalue weighted by atomic mass is 35.5. The highest BCUT2D eigenvalue weighted by Crippen LogP contribution is 2.44. The lowest BCUT2D eigenvalue weighted by Gasteiger charge is -2.40. The van der Waals surface area contributed by atoms with E-state index in [1.807, 2.05) is 0 Å². The zero-order valence-electron chi connectivity index (χ0n) is 11.0. The van der Waals surface area contributed by atoms with Crippen molar-refractivity contribution in [3.8, 4) is 0 Å². The standard InChI is InChI=1S/C14H14Cl2N2O2/c1-14(8-5-6-8)13(20)18(7-11(19)17-14)12-9(15)3-2-4-10(12)16/h2-4,8H,5-7H2,1H3,(H,17,19). The first-order valence-corrected chi connectivity index (χ1v) is 7.26. The smallest absolute Gasteiger partial charge is 0.253 e. The molecule has 1 saturated heterocycles. The van der Waals surface area contributed by atoms with E-state index in [9.17, 15) is 9.59 Å². The van der Waals surface area contributed by atoms with Crippen molar-refractivity contribution in [1.82, 2.24) is 5.32 Å². The van der Waals surface area contributed by atoms with Crippen molar-refractivity contribution >= 4 is 40.7 Å². The van der Waals surface area contributed by atoms with Crippen LogP contribution in [0.2, 0.25) is 10.0 Å². The number of carbonyl (C=O) groups is 2. The molecule has 4 nitrogen and oxygen atoms in total. The van der Waals surface area contributed by atoms with E-state index in [0.29, 0.717) is 15.7 Å². The van der Waals surface area contributed by atoms with Gasteiger partial charge in [-0.3, -0.25) is 14.5 Å². The molecule has 2 amide bonds. The first kappa shape index (κ1) is 13.7. The third-order valence-corrected chi connectivity index (χ3v) is 4.60. The number of anilines is 1. The second kappa shape index (κ2) is 4.64. The Bertz CT molecular complexity index is 581. The van der Waals surface area contributed by atoms with Crippen LogP contribution < -0.4 is 10.2 Å². The highest BCUT2D eigenvalue weighted by Gasteiger charge is 2.53. The van der Waals surface area contributed by atoms with Crippen molar-refractivity contribution in [3.63, 3.8) is 0 Å². The molecule has 0 spiro atoms. The van der Waals surface area contributed by atoms with E-state index >= 15 is 0 Å². The number of rotatable bonds is 2. The summed E-state index contributed by atoms with van der Waals surface area (Å²) in [4.78, 5) is 26.1. The average Bonchev–Trinajstić information content (AvgIpc) is 3.19. The van der Waals surface area contributed by atoms with E-state index in [0.717, 1.165) is 12.8 Å². The lowest BCUT2D eigenvalue weighted by atomic mass is 9.91. The number of para-hydroxylation sites is 1. The van der Waals surface area contributed by atoms with Gasteiger partial charge in [0.15, 0.2) is 0 Å². The Morgan fingerprint density at radius 2 is 1.85 bits per heavy atom. The molecule has 1 aromatic rings. The molecule has 0 radical (unpaired) electrons. The molecule has 3 rings (SSSR count). The minimum absolute atomic E-state index is 0.0510. The molecule has 6 heteroatoms. The molecule has 1 saturated carbocycles. The molecule has 0 bridgehead atoms. The number of carbonyl (C=O) groups excluding carboxylic acids is 2. The Morgan fingerprint density at radius 3 is 2.40 bits per heavy atom.